The van der Waals surface area contributed by atoms with E-state index in [-0.39, 0.29) is 12.2 Å². The Hall–Kier alpha value is -0.990. The first-order valence-electron chi connectivity index (χ1n) is 7.63. The summed E-state index contributed by atoms with van der Waals surface area (Å²) in [6.45, 7) is 2.15. The van der Waals surface area contributed by atoms with Crippen molar-refractivity contribution in [1.82, 2.24) is 0 Å². The van der Waals surface area contributed by atoms with E-state index in [1.165, 1.54) is 24.3 Å². The van der Waals surface area contributed by atoms with Crippen LogP contribution in [0.2, 0.25) is 0 Å². The molecule has 0 atom stereocenters. The van der Waals surface area contributed by atoms with Gasteiger partial charge in [-0.15, -0.1) is 0 Å². The SMILES string of the molecule is CCCC1CCC(C(F)(F)Cc2ccc(F)cc2)CC1. The highest BCUT2D eigenvalue weighted by Crippen LogP contribution is 2.41. The quantitative estimate of drug-likeness (QED) is 0.659. The number of alkyl halides is 2. The Bertz CT molecular complexity index is 403. The normalized spacial score (nSPS) is 23.8. The Morgan fingerprint density at radius 1 is 1.05 bits per heavy atom. The van der Waals surface area contributed by atoms with Gasteiger partial charge < -0.3 is 0 Å². The minimum absolute atomic E-state index is 0.267. The molecule has 0 N–H and O–H groups in total. The largest absolute Gasteiger partial charge is 0.254 e. The van der Waals surface area contributed by atoms with Gasteiger partial charge in [-0.25, -0.2) is 13.2 Å². The molecule has 0 radical (unpaired) electrons. The van der Waals surface area contributed by atoms with Crippen LogP contribution in [0, 0.1) is 17.7 Å². The molecular weight excluding hydrogens is 261 g/mol. The van der Waals surface area contributed by atoms with Crippen LogP contribution >= 0.6 is 0 Å². The van der Waals surface area contributed by atoms with Gasteiger partial charge in [0.05, 0.1) is 0 Å². The molecule has 1 aliphatic rings. The summed E-state index contributed by atoms with van der Waals surface area (Å²) >= 11 is 0. The van der Waals surface area contributed by atoms with E-state index < -0.39 is 11.8 Å². The first-order valence-corrected chi connectivity index (χ1v) is 7.63. The maximum atomic E-state index is 14.3. The molecule has 0 spiro atoms. The van der Waals surface area contributed by atoms with Crippen LogP contribution in [0.1, 0.15) is 51.0 Å². The molecule has 0 heterocycles. The summed E-state index contributed by atoms with van der Waals surface area (Å²) in [4.78, 5) is 0. The molecule has 1 aliphatic carbocycles. The standard InChI is InChI=1S/C17H23F3/c1-2-3-13-4-8-15(9-5-13)17(19,20)12-14-6-10-16(18)11-7-14/h6-7,10-11,13,15H,2-5,8-9,12H2,1H3. The van der Waals surface area contributed by atoms with Crippen molar-refractivity contribution in [1.29, 1.82) is 0 Å². The predicted octanol–water partition coefficient (Wildman–Crippen LogP) is 5.61. The number of benzene rings is 1. The summed E-state index contributed by atoms with van der Waals surface area (Å²) in [5, 5.41) is 0. The molecule has 0 aliphatic heterocycles. The zero-order valence-corrected chi connectivity index (χ0v) is 12.0. The lowest BCUT2D eigenvalue weighted by molar-refractivity contribution is -0.0745. The van der Waals surface area contributed by atoms with Gasteiger partial charge in [-0.1, -0.05) is 31.9 Å². The second kappa shape index (κ2) is 6.64. The van der Waals surface area contributed by atoms with Gasteiger partial charge in [0.1, 0.15) is 5.82 Å². The summed E-state index contributed by atoms with van der Waals surface area (Å²) in [6, 6.07) is 5.44. The fourth-order valence-electron chi connectivity index (χ4n) is 3.30. The monoisotopic (exact) mass is 284 g/mol. The zero-order chi connectivity index (χ0) is 14.6. The summed E-state index contributed by atoms with van der Waals surface area (Å²) in [5.41, 5.74) is 0.520. The van der Waals surface area contributed by atoms with E-state index in [0.29, 0.717) is 24.3 Å². The highest BCUT2D eigenvalue weighted by molar-refractivity contribution is 5.17. The smallest absolute Gasteiger partial charge is 0.207 e. The van der Waals surface area contributed by atoms with Gasteiger partial charge in [0.15, 0.2) is 0 Å². The number of rotatable bonds is 5. The van der Waals surface area contributed by atoms with E-state index in [0.717, 1.165) is 25.7 Å². The van der Waals surface area contributed by atoms with E-state index >= 15 is 0 Å². The lowest BCUT2D eigenvalue weighted by atomic mass is 9.76. The number of hydrogen-bond acceptors (Lipinski definition) is 0. The maximum absolute atomic E-state index is 14.3. The first kappa shape index (κ1) is 15.4. The van der Waals surface area contributed by atoms with Crippen molar-refractivity contribution in [3.63, 3.8) is 0 Å². The van der Waals surface area contributed by atoms with Gasteiger partial charge >= 0.3 is 0 Å². The summed E-state index contributed by atoms with van der Waals surface area (Å²) in [7, 11) is 0. The molecule has 0 unspecified atom stereocenters. The van der Waals surface area contributed by atoms with Crippen molar-refractivity contribution in [3.05, 3.63) is 35.6 Å². The van der Waals surface area contributed by atoms with Crippen molar-refractivity contribution >= 4 is 0 Å². The zero-order valence-electron chi connectivity index (χ0n) is 12.0. The van der Waals surface area contributed by atoms with E-state index in [9.17, 15) is 13.2 Å². The van der Waals surface area contributed by atoms with Crippen LogP contribution in [0.4, 0.5) is 13.2 Å². The van der Waals surface area contributed by atoms with Crippen molar-refractivity contribution < 1.29 is 13.2 Å². The third-order valence-corrected chi connectivity index (χ3v) is 4.49. The van der Waals surface area contributed by atoms with Gasteiger partial charge in [0.25, 0.3) is 5.92 Å². The Labute approximate surface area is 119 Å². The van der Waals surface area contributed by atoms with Crippen molar-refractivity contribution in [2.24, 2.45) is 11.8 Å². The van der Waals surface area contributed by atoms with E-state index in [4.69, 9.17) is 0 Å². The Morgan fingerprint density at radius 2 is 1.65 bits per heavy atom. The van der Waals surface area contributed by atoms with Crippen LogP contribution in [-0.2, 0) is 6.42 Å². The summed E-state index contributed by atoms with van der Waals surface area (Å²) in [6.07, 6.45) is 5.14. The van der Waals surface area contributed by atoms with Gasteiger partial charge in [-0.2, -0.15) is 0 Å². The highest BCUT2D eigenvalue weighted by Gasteiger charge is 2.41. The van der Waals surface area contributed by atoms with Gasteiger partial charge in [0, 0.05) is 12.3 Å². The second-order valence-electron chi connectivity index (χ2n) is 6.07. The second-order valence-corrected chi connectivity index (χ2v) is 6.07. The summed E-state index contributed by atoms with van der Waals surface area (Å²) < 4.78 is 41.4. The lowest BCUT2D eigenvalue weighted by Crippen LogP contribution is -2.34. The molecule has 112 valence electrons. The van der Waals surface area contributed by atoms with Crippen LogP contribution in [0.5, 0.6) is 0 Å². The van der Waals surface area contributed by atoms with Gasteiger partial charge in [0.2, 0.25) is 0 Å². The van der Waals surface area contributed by atoms with E-state index in [1.54, 1.807) is 0 Å². The summed E-state index contributed by atoms with van der Waals surface area (Å²) in [5.74, 6) is -2.93. The molecule has 0 aromatic heterocycles. The van der Waals surface area contributed by atoms with Crippen molar-refractivity contribution in [2.75, 3.05) is 0 Å². The van der Waals surface area contributed by atoms with Crippen LogP contribution < -0.4 is 0 Å². The van der Waals surface area contributed by atoms with Crippen molar-refractivity contribution in [3.8, 4) is 0 Å². The van der Waals surface area contributed by atoms with Gasteiger partial charge in [-0.3, -0.25) is 0 Å². The fraction of sp³-hybridized carbons (Fsp3) is 0.647. The van der Waals surface area contributed by atoms with Crippen LogP contribution in [0.15, 0.2) is 24.3 Å². The topological polar surface area (TPSA) is 0 Å². The average molecular weight is 284 g/mol. The molecule has 2 rings (SSSR count). The van der Waals surface area contributed by atoms with Crippen LogP contribution in [0.25, 0.3) is 0 Å². The molecular formula is C17H23F3. The maximum Gasteiger partial charge on any atom is 0.254 e. The Balaban J connectivity index is 1.92. The Kier molecular flexibility index (Phi) is 5.11. The predicted molar refractivity (Wildman–Crippen MR) is 75.4 cm³/mol. The molecule has 0 nitrogen and oxygen atoms in total. The van der Waals surface area contributed by atoms with E-state index in [2.05, 4.69) is 6.92 Å². The molecule has 20 heavy (non-hydrogen) atoms. The number of halogens is 3. The first-order chi connectivity index (χ1) is 9.51. The third kappa shape index (κ3) is 4.00. The molecule has 1 aromatic carbocycles. The lowest BCUT2D eigenvalue weighted by Gasteiger charge is -2.33. The van der Waals surface area contributed by atoms with Crippen molar-refractivity contribution in [2.45, 2.75) is 57.8 Å². The minimum atomic E-state index is -2.67. The molecule has 0 bridgehead atoms. The van der Waals surface area contributed by atoms with E-state index in [1.807, 2.05) is 0 Å². The number of hydrogen-bond donors (Lipinski definition) is 0. The molecule has 0 amide bonds. The molecule has 1 saturated carbocycles. The highest BCUT2D eigenvalue weighted by atomic mass is 19.3. The van der Waals surface area contributed by atoms with Crippen LogP contribution in [-0.4, -0.2) is 5.92 Å². The molecule has 0 saturated heterocycles. The van der Waals surface area contributed by atoms with Crippen LogP contribution in [0.3, 0.4) is 0 Å². The minimum Gasteiger partial charge on any atom is -0.207 e. The molecule has 1 aromatic rings. The fourth-order valence-corrected chi connectivity index (χ4v) is 3.30. The third-order valence-electron chi connectivity index (χ3n) is 4.49. The Morgan fingerprint density at radius 3 is 2.20 bits per heavy atom. The molecule has 1 fully saturated rings. The average Bonchev–Trinajstić information content (AvgIpc) is 2.42. The van der Waals surface area contributed by atoms with Gasteiger partial charge in [-0.05, 0) is 49.3 Å². The molecule has 3 heteroatoms.